The molecule has 0 N–H and O–H groups in total. The van der Waals surface area contributed by atoms with Gasteiger partial charge in [-0.25, -0.2) is 4.79 Å². The molecule has 1 atom stereocenters. The Balaban J connectivity index is 2.33. The molecule has 0 aliphatic carbocycles. The van der Waals surface area contributed by atoms with Crippen LogP contribution in [0.4, 0.5) is 0 Å². The van der Waals surface area contributed by atoms with Crippen LogP contribution in [0.15, 0.2) is 43.0 Å². The Hall–Kier alpha value is -2.69. The number of methoxy groups -OCH3 is 1. The molecule has 0 aromatic heterocycles. The van der Waals surface area contributed by atoms with Gasteiger partial charge in [0.1, 0.15) is 18.5 Å². The molecule has 24 heavy (non-hydrogen) atoms. The topological polar surface area (TPSA) is 54.0 Å². The van der Waals surface area contributed by atoms with Gasteiger partial charge in [0.15, 0.2) is 11.5 Å². The SMILES string of the molecule is C=CC(=O)OC(C)COc1c(OC)cc(OCC)c2ccccc12. The highest BCUT2D eigenvalue weighted by molar-refractivity contribution is 5.95. The van der Waals surface area contributed by atoms with Crippen molar-refractivity contribution in [1.82, 2.24) is 0 Å². The average molecular weight is 330 g/mol. The van der Waals surface area contributed by atoms with Gasteiger partial charge in [-0.05, 0) is 13.8 Å². The van der Waals surface area contributed by atoms with Gasteiger partial charge in [-0.2, -0.15) is 0 Å². The second-order valence-corrected chi connectivity index (χ2v) is 5.15. The summed E-state index contributed by atoms with van der Waals surface area (Å²) >= 11 is 0. The summed E-state index contributed by atoms with van der Waals surface area (Å²) in [5.41, 5.74) is 0. The second-order valence-electron chi connectivity index (χ2n) is 5.15. The zero-order chi connectivity index (χ0) is 17.5. The molecule has 5 heteroatoms. The molecular formula is C19H22O5. The lowest BCUT2D eigenvalue weighted by Crippen LogP contribution is -2.21. The summed E-state index contributed by atoms with van der Waals surface area (Å²) in [7, 11) is 1.58. The van der Waals surface area contributed by atoms with Crippen LogP contribution < -0.4 is 14.2 Å². The van der Waals surface area contributed by atoms with E-state index in [2.05, 4.69) is 6.58 Å². The normalized spacial score (nSPS) is 11.6. The lowest BCUT2D eigenvalue weighted by Gasteiger charge is -2.18. The average Bonchev–Trinajstić information content (AvgIpc) is 2.60. The van der Waals surface area contributed by atoms with Crippen LogP contribution in [0.1, 0.15) is 13.8 Å². The van der Waals surface area contributed by atoms with Crippen molar-refractivity contribution in [3.8, 4) is 17.2 Å². The Kier molecular flexibility index (Phi) is 6.07. The van der Waals surface area contributed by atoms with Gasteiger partial charge in [0.05, 0.1) is 13.7 Å². The van der Waals surface area contributed by atoms with E-state index in [-0.39, 0.29) is 6.61 Å². The Labute approximate surface area is 141 Å². The van der Waals surface area contributed by atoms with Crippen LogP contribution in [0.25, 0.3) is 10.8 Å². The van der Waals surface area contributed by atoms with Crippen LogP contribution in [-0.4, -0.2) is 32.4 Å². The van der Waals surface area contributed by atoms with Crippen molar-refractivity contribution in [3.63, 3.8) is 0 Å². The van der Waals surface area contributed by atoms with E-state index in [0.29, 0.717) is 18.1 Å². The van der Waals surface area contributed by atoms with E-state index in [9.17, 15) is 4.79 Å². The van der Waals surface area contributed by atoms with Crippen LogP contribution >= 0.6 is 0 Å². The van der Waals surface area contributed by atoms with E-state index in [0.717, 1.165) is 22.6 Å². The summed E-state index contributed by atoms with van der Waals surface area (Å²) in [4.78, 5) is 11.2. The molecule has 0 spiro atoms. The molecule has 0 saturated carbocycles. The lowest BCUT2D eigenvalue weighted by molar-refractivity contribution is -0.143. The molecule has 0 fully saturated rings. The number of benzene rings is 2. The molecule has 2 aromatic carbocycles. The van der Waals surface area contributed by atoms with Gasteiger partial charge >= 0.3 is 5.97 Å². The third-order valence-electron chi connectivity index (χ3n) is 3.39. The van der Waals surface area contributed by atoms with Gasteiger partial charge in [-0.3, -0.25) is 0 Å². The molecule has 0 bridgehead atoms. The molecule has 0 radical (unpaired) electrons. The number of hydrogen-bond donors (Lipinski definition) is 0. The fraction of sp³-hybridized carbons (Fsp3) is 0.316. The monoisotopic (exact) mass is 330 g/mol. The zero-order valence-electron chi connectivity index (χ0n) is 14.2. The van der Waals surface area contributed by atoms with Crippen molar-refractivity contribution < 1.29 is 23.7 Å². The summed E-state index contributed by atoms with van der Waals surface area (Å²) in [6.45, 7) is 7.82. The first kappa shape index (κ1) is 17.7. The molecule has 5 nitrogen and oxygen atoms in total. The maximum absolute atomic E-state index is 11.2. The minimum atomic E-state index is -0.477. The highest BCUT2D eigenvalue weighted by Gasteiger charge is 2.16. The summed E-state index contributed by atoms with van der Waals surface area (Å²) in [5.74, 6) is 1.43. The highest BCUT2D eigenvalue weighted by atomic mass is 16.6. The van der Waals surface area contributed by atoms with Crippen LogP contribution in [-0.2, 0) is 9.53 Å². The molecule has 2 aromatic rings. The fourth-order valence-corrected chi connectivity index (χ4v) is 2.35. The number of esters is 1. The molecule has 0 amide bonds. The van der Waals surface area contributed by atoms with E-state index in [4.69, 9.17) is 18.9 Å². The molecule has 1 unspecified atom stereocenters. The Morgan fingerprint density at radius 1 is 1.21 bits per heavy atom. The predicted octanol–water partition coefficient (Wildman–Crippen LogP) is 3.74. The first-order valence-corrected chi connectivity index (χ1v) is 7.79. The smallest absolute Gasteiger partial charge is 0.330 e. The quantitative estimate of drug-likeness (QED) is 0.545. The van der Waals surface area contributed by atoms with Gasteiger partial charge in [-0.1, -0.05) is 30.8 Å². The van der Waals surface area contributed by atoms with E-state index in [1.54, 1.807) is 14.0 Å². The van der Waals surface area contributed by atoms with E-state index in [1.807, 2.05) is 37.3 Å². The predicted molar refractivity (Wildman–Crippen MR) is 92.9 cm³/mol. The van der Waals surface area contributed by atoms with E-state index in [1.165, 1.54) is 0 Å². The number of rotatable bonds is 8. The molecular weight excluding hydrogens is 308 g/mol. The Morgan fingerprint density at radius 3 is 2.54 bits per heavy atom. The van der Waals surface area contributed by atoms with Crippen LogP contribution in [0.5, 0.6) is 17.2 Å². The number of ether oxygens (including phenoxy) is 4. The van der Waals surface area contributed by atoms with Crippen molar-refractivity contribution in [2.75, 3.05) is 20.3 Å². The zero-order valence-corrected chi connectivity index (χ0v) is 14.2. The van der Waals surface area contributed by atoms with Crippen molar-refractivity contribution in [1.29, 1.82) is 0 Å². The van der Waals surface area contributed by atoms with E-state index >= 15 is 0 Å². The summed E-state index contributed by atoms with van der Waals surface area (Å²) in [6, 6.07) is 9.58. The molecule has 0 saturated heterocycles. The molecule has 0 aliphatic rings. The standard InChI is InChI=1S/C19H22O5/c1-5-18(20)24-13(3)12-23-19-15-10-8-7-9-14(15)16(22-6-2)11-17(19)21-4/h5,7-11,13H,1,6,12H2,2-4H3. The van der Waals surface area contributed by atoms with Gasteiger partial charge < -0.3 is 18.9 Å². The minimum absolute atomic E-state index is 0.202. The fourth-order valence-electron chi connectivity index (χ4n) is 2.35. The molecule has 2 rings (SSSR count). The van der Waals surface area contributed by atoms with Crippen molar-refractivity contribution >= 4 is 16.7 Å². The van der Waals surface area contributed by atoms with Crippen molar-refractivity contribution in [3.05, 3.63) is 43.0 Å². The van der Waals surface area contributed by atoms with Gasteiger partial charge in [0, 0.05) is 22.9 Å². The van der Waals surface area contributed by atoms with Gasteiger partial charge in [0.2, 0.25) is 0 Å². The highest BCUT2D eigenvalue weighted by Crippen LogP contribution is 2.41. The molecule has 0 aliphatic heterocycles. The molecule has 128 valence electrons. The van der Waals surface area contributed by atoms with Crippen molar-refractivity contribution in [2.45, 2.75) is 20.0 Å². The van der Waals surface area contributed by atoms with Gasteiger partial charge in [-0.15, -0.1) is 0 Å². The van der Waals surface area contributed by atoms with Crippen molar-refractivity contribution in [2.24, 2.45) is 0 Å². The largest absolute Gasteiger partial charge is 0.493 e. The number of carbonyl (C=O) groups is 1. The first-order valence-electron chi connectivity index (χ1n) is 7.79. The third kappa shape index (κ3) is 3.98. The third-order valence-corrected chi connectivity index (χ3v) is 3.39. The summed E-state index contributed by atoms with van der Waals surface area (Å²) < 4.78 is 22.2. The second kappa shape index (κ2) is 8.24. The Bertz CT molecular complexity index is 723. The minimum Gasteiger partial charge on any atom is -0.493 e. The number of hydrogen-bond acceptors (Lipinski definition) is 5. The Morgan fingerprint density at radius 2 is 1.92 bits per heavy atom. The van der Waals surface area contributed by atoms with Gasteiger partial charge in [0.25, 0.3) is 0 Å². The maximum atomic E-state index is 11.2. The lowest BCUT2D eigenvalue weighted by atomic mass is 10.1. The first-order chi connectivity index (χ1) is 11.6. The van der Waals surface area contributed by atoms with Crippen LogP contribution in [0, 0.1) is 0 Å². The van der Waals surface area contributed by atoms with Crippen LogP contribution in [0.2, 0.25) is 0 Å². The maximum Gasteiger partial charge on any atom is 0.330 e. The number of fused-ring (bicyclic) bond motifs is 1. The summed E-state index contributed by atoms with van der Waals surface area (Å²) in [6.07, 6.45) is 0.717. The van der Waals surface area contributed by atoms with E-state index < -0.39 is 12.1 Å². The number of carbonyl (C=O) groups excluding carboxylic acids is 1. The molecule has 0 heterocycles. The summed E-state index contributed by atoms with van der Waals surface area (Å²) in [5, 5.41) is 1.81. The van der Waals surface area contributed by atoms with Crippen LogP contribution in [0.3, 0.4) is 0 Å².